The summed E-state index contributed by atoms with van der Waals surface area (Å²) in [6.07, 6.45) is 6.47. The highest BCUT2D eigenvalue weighted by molar-refractivity contribution is 6.05. The number of anilines is 3. The maximum atomic E-state index is 2.61. The minimum absolute atomic E-state index is 0.329. The highest BCUT2D eigenvalue weighted by Crippen LogP contribution is 2.59. The molecule has 1 fully saturated rings. The predicted octanol–water partition coefficient (Wildman–Crippen LogP) is 16.7. The zero-order valence-electron chi connectivity index (χ0n) is 36.2. The molecule has 2 unspecified atom stereocenters. The molecule has 0 saturated heterocycles. The first kappa shape index (κ1) is 37.8. The van der Waals surface area contributed by atoms with Crippen LogP contribution in [0.4, 0.5) is 17.1 Å². The Morgan fingerprint density at radius 1 is 0.397 bits per heavy atom. The number of para-hydroxylation sites is 1. The molecule has 0 N–H and O–H groups in total. The van der Waals surface area contributed by atoms with E-state index in [0.29, 0.717) is 5.92 Å². The number of hydrogen-bond donors (Lipinski definition) is 0. The van der Waals surface area contributed by atoms with Crippen molar-refractivity contribution in [2.24, 2.45) is 0 Å². The molecule has 0 radical (unpaired) electrons. The number of benzene rings is 9. The first-order chi connectivity index (χ1) is 31.0. The van der Waals surface area contributed by atoms with E-state index in [2.05, 4.69) is 225 Å². The summed E-state index contributed by atoms with van der Waals surface area (Å²) in [6.45, 7) is 4.86. The van der Waals surface area contributed by atoms with E-state index in [9.17, 15) is 0 Å². The molecule has 0 bridgehead atoms. The lowest BCUT2D eigenvalue weighted by atomic mass is 9.74. The Morgan fingerprint density at radius 2 is 0.921 bits per heavy atom. The standard InChI is InChI=1S/C62H51N/c1-61(44-25-8-4-9-26-44)54-35-16-13-31-52(54)60-55(61)36-20-38-58(60)63(46-39-40-49-48-29-12-15-34-53(48)62(2,56(49)41-46)45-27-10-5-11-28-45)57-37-17-14-30-50(57)51-33-19-24-43-23-18-32-47(59(43)51)42-21-6-3-7-22-42/h4-5,8-20,23-42H,3,6-7,21-22H2,1-2H3. The molecule has 0 aliphatic heterocycles. The fraction of sp³-hybridized carbons (Fsp3) is 0.161. The van der Waals surface area contributed by atoms with E-state index >= 15 is 0 Å². The quantitative estimate of drug-likeness (QED) is 0.155. The van der Waals surface area contributed by atoms with Crippen molar-refractivity contribution in [2.75, 3.05) is 4.90 Å². The van der Waals surface area contributed by atoms with E-state index < -0.39 is 0 Å². The third-order valence-electron chi connectivity index (χ3n) is 15.2. The van der Waals surface area contributed by atoms with E-state index in [1.54, 1.807) is 0 Å². The van der Waals surface area contributed by atoms with Crippen molar-refractivity contribution in [3.8, 4) is 33.4 Å². The highest BCUT2D eigenvalue weighted by Gasteiger charge is 2.44. The lowest BCUT2D eigenvalue weighted by Crippen LogP contribution is -2.23. The molecule has 63 heavy (non-hydrogen) atoms. The fourth-order valence-corrected chi connectivity index (χ4v) is 12.1. The molecule has 0 spiro atoms. The number of fused-ring (bicyclic) bond motifs is 7. The lowest BCUT2D eigenvalue weighted by molar-refractivity contribution is 0.445. The molecule has 1 nitrogen and oxygen atoms in total. The Kier molecular flexibility index (Phi) is 8.90. The zero-order chi connectivity index (χ0) is 42.1. The molecule has 1 heteroatoms. The van der Waals surface area contributed by atoms with Crippen molar-refractivity contribution in [2.45, 2.75) is 62.7 Å². The largest absolute Gasteiger partial charge is 0.309 e. The Balaban J connectivity index is 1.15. The van der Waals surface area contributed by atoms with Gasteiger partial charge in [0.1, 0.15) is 0 Å². The third kappa shape index (κ3) is 5.68. The topological polar surface area (TPSA) is 3.24 Å². The van der Waals surface area contributed by atoms with Crippen LogP contribution in [0.15, 0.2) is 206 Å². The molecule has 3 aliphatic rings. The van der Waals surface area contributed by atoms with E-state index in [-0.39, 0.29) is 10.8 Å². The van der Waals surface area contributed by atoms with Crippen molar-refractivity contribution < 1.29 is 0 Å². The second-order valence-corrected chi connectivity index (χ2v) is 18.4. The van der Waals surface area contributed by atoms with Gasteiger partial charge in [0.2, 0.25) is 0 Å². The monoisotopic (exact) mass is 809 g/mol. The van der Waals surface area contributed by atoms with Gasteiger partial charge in [-0.05, 0) is 129 Å². The molecule has 9 aromatic carbocycles. The van der Waals surface area contributed by atoms with Crippen LogP contribution in [-0.2, 0) is 10.8 Å². The lowest BCUT2D eigenvalue weighted by Gasteiger charge is -2.33. The van der Waals surface area contributed by atoms with Crippen LogP contribution in [0.2, 0.25) is 0 Å². The van der Waals surface area contributed by atoms with Crippen molar-refractivity contribution in [3.63, 3.8) is 0 Å². The Morgan fingerprint density at radius 3 is 1.65 bits per heavy atom. The number of hydrogen-bond acceptors (Lipinski definition) is 1. The van der Waals surface area contributed by atoms with Gasteiger partial charge in [0, 0.05) is 27.6 Å². The molecule has 304 valence electrons. The summed E-state index contributed by atoms with van der Waals surface area (Å²) in [5, 5.41) is 2.72. The first-order valence-corrected chi connectivity index (χ1v) is 23.0. The third-order valence-corrected chi connectivity index (χ3v) is 15.2. The van der Waals surface area contributed by atoms with Gasteiger partial charge >= 0.3 is 0 Å². The minimum atomic E-state index is -0.337. The second kappa shape index (κ2) is 14.8. The van der Waals surface area contributed by atoms with Gasteiger partial charge in [-0.3, -0.25) is 0 Å². The van der Waals surface area contributed by atoms with Gasteiger partial charge in [-0.2, -0.15) is 0 Å². The van der Waals surface area contributed by atoms with Crippen LogP contribution in [0, 0.1) is 0 Å². The van der Waals surface area contributed by atoms with Gasteiger partial charge in [0.05, 0.1) is 11.4 Å². The summed E-state index contributed by atoms with van der Waals surface area (Å²) in [7, 11) is 0. The molecule has 0 heterocycles. The summed E-state index contributed by atoms with van der Waals surface area (Å²) in [5.74, 6) is 0.574. The molecule has 0 amide bonds. The van der Waals surface area contributed by atoms with Crippen LogP contribution in [0.3, 0.4) is 0 Å². The Bertz CT molecular complexity index is 3190. The summed E-state index contributed by atoms with van der Waals surface area (Å²) < 4.78 is 0. The van der Waals surface area contributed by atoms with E-state index in [1.807, 2.05) is 0 Å². The van der Waals surface area contributed by atoms with Gasteiger partial charge in [-0.25, -0.2) is 0 Å². The van der Waals surface area contributed by atoms with E-state index in [4.69, 9.17) is 0 Å². The van der Waals surface area contributed by atoms with E-state index in [0.717, 1.165) is 5.69 Å². The summed E-state index contributed by atoms with van der Waals surface area (Å²) in [5.41, 5.74) is 20.1. The molecule has 0 aromatic heterocycles. The first-order valence-electron chi connectivity index (χ1n) is 23.0. The zero-order valence-corrected chi connectivity index (χ0v) is 36.2. The average molecular weight is 810 g/mol. The summed E-state index contributed by atoms with van der Waals surface area (Å²) in [6, 6.07) is 78.0. The number of nitrogens with zero attached hydrogens (tertiary/aromatic N) is 1. The van der Waals surface area contributed by atoms with Gasteiger partial charge in [-0.15, -0.1) is 0 Å². The smallest absolute Gasteiger partial charge is 0.0543 e. The minimum Gasteiger partial charge on any atom is -0.309 e. The molecule has 3 aliphatic carbocycles. The van der Waals surface area contributed by atoms with Crippen LogP contribution in [0.1, 0.15) is 90.8 Å². The highest BCUT2D eigenvalue weighted by atomic mass is 15.1. The van der Waals surface area contributed by atoms with Gasteiger partial charge in [0.25, 0.3) is 0 Å². The van der Waals surface area contributed by atoms with Crippen molar-refractivity contribution in [3.05, 3.63) is 245 Å². The molecule has 9 aromatic rings. The molecular formula is C62H51N. The summed E-state index contributed by atoms with van der Waals surface area (Å²) >= 11 is 0. The second-order valence-electron chi connectivity index (χ2n) is 18.4. The van der Waals surface area contributed by atoms with Gasteiger partial charge in [-0.1, -0.05) is 201 Å². The van der Waals surface area contributed by atoms with E-state index in [1.165, 1.54) is 127 Å². The van der Waals surface area contributed by atoms with Gasteiger partial charge < -0.3 is 4.90 Å². The van der Waals surface area contributed by atoms with Crippen LogP contribution in [0.25, 0.3) is 44.2 Å². The average Bonchev–Trinajstić information content (AvgIpc) is 3.78. The van der Waals surface area contributed by atoms with Crippen molar-refractivity contribution >= 4 is 27.8 Å². The normalized spacial score (nSPS) is 18.7. The predicted molar refractivity (Wildman–Crippen MR) is 265 cm³/mol. The van der Waals surface area contributed by atoms with Crippen LogP contribution in [0.5, 0.6) is 0 Å². The van der Waals surface area contributed by atoms with Crippen LogP contribution in [-0.4, -0.2) is 0 Å². The number of rotatable bonds is 7. The fourth-order valence-electron chi connectivity index (χ4n) is 12.1. The molecule has 12 rings (SSSR count). The van der Waals surface area contributed by atoms with Crippen molar-refractivity contribution in [1.82, 2.24) is 0 Å². The molecular weight excluding hydrogens is 759 g/mol. The Hall–Kier alpha value is -6.96. The van der Waals surface area contributed by atoms with Crippen molar-refractivity contribution in [1.29, 1.82) is 0 Å². The van der Waals surface area contributed by atoms with Crippen LogP contribution < -0.4 is 4.90 Å². The maximum absolute atomic E-state index is 2.61. The summed E-state index contributed by atoms with van der Waals surface area (Å²) in [4.78, 5) is 2.61. The van der Waals surface area contributed by atoms with Crippen LogP contribution >= 0.6 is 0 Å². The maximum Gasteiger partial charge on any atom is 0.0543 e. The van der Waals surface area contributed by atoms with Gasteiger partial charge in [0.15, 0.2) is 0 Å². The Labute approximate surface area is 372 Å². The molecule has 2 atom stereocenters. The SMILES string of the molecule is CC1(c2ccccc2)c2ccccc2-c2ccc(N(c3ccccc3-c3cccc4cccc(C5CCCCC5)c34)c3cccc4c3-c3ccccc3C4(C)c3ccccc3)cc21. The molecule has 1 saturated carbocycles.